The molecule has 1 fully saturated rings. The second-order valence-corrected chi connectivity index (χ2v) is 6.17. The van der Waals surface area contributed by atoms with Crippen LogP contribution in [-0.4, -0.2) is 25.9 Å². The monoisotopic (exact) mass is 377 g/mol. The van der Waals surface area contributed by atoms with Crippen molar-refractivity contribution in [2.45, 2.75) is 31.5 Å². The number of aromatic nitrogens is 4. The molecule has 0 saturated heterocycles. The van der Waals surface area contributed by atoms with E-state index in [-0.39, 0.29) is 23.7 Å². The number of benzene rings is 1. The van der Waals surface area contributed by atoms with Crippen LogP contribution in [-0.2, 0) is 12.7 Å². The number of carbonyl (C=O) groups excluding carboxylic acids is 1. The molecule has 0 unspecified atom stereocenters. The van der Waals surface area contributed by atoms with Crippen molar-refractivity contribution in [1.29, 1.82) is 0 Å². The van der Waals surface area contributed by atoms with Gasteiger partial charge in [-0.25, -0.2) is 4.68 Å². The fourth-order valence-electron chi connectivity index (χ4n) is 2.59. The molecule has 1 N–H and O–H groups in total. The summed E-state index contributed by atoms with van der Waals surface area (Å²) in [6, 6.07) is 6.64. The van der Waals surface area contributed by atoms with E-state index >= 15 is 0 Å². The van der Waals surface area contributed by atoms with E-state index in [9.17, 15) is 18.0 Å². The maximum atomic E-state index is 13.0. The normalized spacial score (nSPS) is 14.3. The van der Waals surface area contributed by atoms with Gasteiger partial charge in [0, 0.05) is 11.5 Å². The van der Waals surface area contributed by atoms with E-state index in [0.29, 0.717) is 11.8 Å². The van der Waals surface area contributed by atoms with Crippen molar-refractivity contribution in [3.8, 4) is 5.69 Å². The van der Waals surface area contributed by atoms with Gasteiger partial charge in [0.2, 0.25) is 11.8 Å². The molecule has 0 atom stereocenters. The second-order valence-electron chi connectivity index (χ2n) is 6.17. The second kappa shape index (κ2) is 6.53. The molecule has 0 bridgehead atoms. The van der Waals surface area contributed by atoms with Crippen molar-refractivity contribution in [2.24, 2.45) is 0 Å². The SMILES string of the molecule is O=C(NCc1nnc(C2CC2)o1)c1cccc(-n2nccc2C(F)(F)F)c1. The minimum Gasteiger partial charge on any atom is -0.423 e. The first kappa shape index (κ1) is 17.3. The van der Waals surface area contributed by atoms with Crippen LogP contribution >= 0.6 is 0 Å². The molecule has 3 aromatic rings. The molecule has 4 rings (SSSR count). The van der Waals surface area contributed by atoms with Gasteiger partial charge in [0.25, 0.3) is 5.91 Å². The first-order valence-corrected chi connectivity index (χ1v) is 8.24. The highest BCUT2D eigenvalue weighted by Gasteiger charge is 2.35. The lowest BCUT2D eigenvalue weighted by atomic mass is 10.2. The number of nitrogens with zero attached hydrogens (tertiary/aromatic N) is 4. The number of hydrogen-bond donors (Lipinski definition) is 1. The Labute approximate surface area is 151 Å². The molecule has 0 aliphatic heterocycles. The average Bonchev–Trinajstić information content (AvgIpc) is 3.18. The molecular weight excluding hydrogens is 363 g/mol. The Morgan fingerprint density at radius 2 is 2.07 bits per heavy atom. The molecule has 0 spiro atoms. The molecule has 1 amide bonds. The van der Waals surface area contributed by atoms with Crippen molar-refractivity contribution in [1.82, 2.24) is 25.3 Å². The molecule has 2 heterocycles. The van der Waals surface area contributed by atoms with Crippen LogP contribution in [0.4, 0.5) is 13.2 Å². The summed E-state index contributed by atoms with van der Waals surface area (Å²) < 4.78 is 45.3. The molecule has 0 radical (unpaired) electrons. The number of hydrogen-bond acceptors (Lipinski definition) is 5. The first-order chi connectivity index (χ1) is 12.9. The van der Waals surface area contributed by atoms with Crippen molar-refractivity contribution >= 4 is 5.91 Å². The summed E-state index contributed by atoms with van der Waals surface area (Å²) in [5, 5.41) is 14.1. The van der Waals surface area contributed by atoms with Crippen molar-refractivity contribution in [3.63, 3.8) is 0 Å². The standard InChI is InChI=1S/C17H14F3N5O2/c18-17(19,20)13-6-7-22-25(13)12-3-1-2-11(8-12)15(26)21-9-14-23-24-16(27-14)10-4-5-10/h1-3,6-8,10H,4-5,9H2,(H,21,26). The van der Waals surface area contributed by atoms with Gasteiger partial charge < -0.3 is 9.73 Å². The highest BCUT2D eigenvalue weighted by atomic mass is 19.4. The van der Waals surface area contributed by atoms with E-state index in [1.165, 1.54) is 24.3 Å². The fourth-order valence-corrected chi connectivity index (χ4v) is 2.59. The number of halogens is 3. The third kappa shape index (κ3) is 3.69. The molecule has 1 aromatic carbocycles. The van der Waals surface area contributed by atoms with Gasteiger partial charge in [-0.1, -0.05) is 6.07 Å². The summed E-state index contributed by atoms with van der Waals surface area (Å²) in [6.07, 6.45) is -1.45. The Morgan fingerprint density at radius 3 is 2.81 bits per heavy atom. The number of amides is 1. The van der Waals surface area contributed by atoms with Crippen LogP contribution in [0.3, 0.4) is 0 Å². The zero-order valence-corrected chi connectivity index (χ0v) is 13.9. The quantitative estimate of drug-likeness (QED) is 0.739. The number of nitrogens with one attached hydrogen (secondary N) is 1. The van der Waals surface area contributed by atoms with Gasteiger partial charge in [0.15, 0.2) is 0 Å². The van der Waals surface area contributed by atoms with E-state index in [1.807, 2.05) is 0 Å². The van der Waals surface area contributed by atoms with Gasteiger partial charge in [-0.05, 0) is 37.1 Å². The minimum absolute atomic E-state index is 0.0400. The molecule has 27 heavy (non-hydrogen) atoms. The lowest BCUT2D eigenvalue weighted by molar-refractivity contribution is -0.142. The Hall–Kier alpha value is -3.17. The molecule has 140 valence electrons. The molecule has 1 aliphatic carbocycles. The van der Waals surface area contributed by atoms with Crippen molar-refractivity contribution in [3.05, 3.63) is 59.6 Å². The van der Waals surface area contributed by atoms with Gasteiger partial charge in [-0.2, -0.15) is 18.3 Å². The van der Waals surface area contributed by atoms with E-state index < -0.39 is 17.8 Å². The third-order valence-corrected chi connectivity index (χ3v) is 4.10. The van der Waals surface area contributed by atoms with Crippen LogP contribution in [0, 0.1) is 0 Å². The Kier molecular flexibility index (Phi) is 4.17. The lowest BCUT2D eigenvalue weighted by Gasteiger charge is -2.11. The smallest absolute Gasteiger partial charge is 0.423 e. The maximum absolute atomic E-state index is 13.0. The summed E-state index contributed by atoms with van der Waals surface area (Å²) in [7, 11) is 0. The van der Waals surface area contributed by atoms with E-state index in [1.54, 1.807) is 0 Å². The van der Waals surface area contributed by atoms with Gasteiger partial charge in [-0.3, -0.25) is 4.79 Å². The number of carbonyl (C=O) groups is 1. The van der Waals surface area contributed by atoms with Gasteiger partial charge in [-0.15, -0.1) is 10.2 Å². The van der Waals surface area contributed by atoms with Crippen LogP contribution in [0.2, 0.25) is 0 Å². The molecular formula is C17H14F3N5O2. The summed E-state index contributed by atoms with van der Waals surface area (Å²) in [6.45, 7) is 0.0400. The van der Waals surface area contributed by atoms with E-state index in [4.69, 9.17) is 4.42 Å². The number of rotatable bonds is 5. The zero-order valence-electron chi connectivity index (χ0n) is 13.9. The Bertz CT molecular complexity index is 975. The highest BCUT2D eigenvalue weighted by molar-refractivity contribution is 5.94. The van der Waals surface area contributed by atoms with Crippen LogP contribution in [0.1, 0.15) is 46.6 Å². The Morgan fingerprint density at radius 1 is 1.26 bits per heavy atom. The summed E-state index contributed by atoms with van der Waals surface area (Å²) in [4.78, 5) is 12.3. The Balaban J connectivity index is 1.48. The molecule has 1 saturated carbocycles. The average molecular weight is 377 g/mol. The molecule has 7 nitrogen and oxygen atoms in total. The van der Waals surface area contributed by atoms with Crippen LogP contribution in [0.25, 0.3) is 5.69 Å². The number of alkyl halides is 3. The van der Waals surface area contributed by atoms with Gasteiger partial charge in [0.1, 0.15) is 5.69 Å². The molecule has 1 aliphatic rings. The minimum atomic E-state index is -4.55. The van der Waals surface area contributed by atoms with Crippen LogP contribution in [0.5, 0.6) is 0 Å². The summed E-state index contributed by atoms with van der Waals surface area (Å²) in [5.41, 5.74) is -0.592. The van der Waals surface area contributed by atoms with E-state index in [2.05, 4.69) is 20.6 Å². The predicted octanol–water partition coefficient (Wildman–Crippen LogP) is 3.08. The maximum Gasteiger partial charge on any atom is 0.433 e. The van der Waals surface area contributed by atoms with Gasteiger partial charge >= 0.3 is 6.18 Å². The largest absolute Gasteiger partial charge is 0.433 e. The van der Waals surface area contributed by atoms with Crippen molar-refractivity contribution < 1.29 is 22.4 Å². The van der Waals surface area contributed by atoms with Crippen LogP contribution < -0.4 is 5.32 Å². The van der Waals surface area contributed by atoms with E-state index in [0.717, 1.165) is 29.8 Å². The zero-order chi connectivity index (χ0) is 19.0. The highest BCUT2D eigenvalue weighted by Crippen LogP contribution is 2.39. The topological polar surface area (TPSA) is 85.8 Å². The molecule has 2 aromatic heterocycles. The fraction of sp³-hybridized carbons (Fsp3) is 0.294. The lowest BCUT2D eigenvalue weighted by Crippen LogP contribution is -2.23. The third-order valence-electron chi connectivity index (χ3n) is 4.10. The molecule has 10 heteroatoms. The summed E-state index contributed by atoms with van der Waals surface area (Å²) >= 11 is 0. The summed E-state index contributed by atoms with van der Waals surface area (Å²) in [5.74, 6) is 0.701. The van der Waals surface area contributed by atoms with Crippen molar-refractivity contribution in [2.75, 3.05) is 0 Å². The first-order valence-electron chi connectivity index (χ1n) is 8.24. The predicted molar refractivity (Wildman–Crippen MR) is 86.0 cm³/mol. The van der Waals surface area contributed by atoms with Gasteiger partial charge in [0.05, 0.1) is 18.4 Å². The van der Waals surface area contributed by atoms with Crippen LogP contribution in [0.15, 0.2) is 40.9 Å².